The molecular formula is C22H36O5. The maximum absolute atomic E-state index is 12.5. The van der Waals surface area contributed by atoms with Crippen molar-refractivity contribution >= 4 is 11.9 Å². The summed E-state index contributed by atoms with van der Waals surface area (Å²) in [7, 11) is 0. The lowest BCUT2D eigenvalue weighted by atomic mass is 9.86. The fourth-order valence-electron chi connectivity index (χ4n) is 5.12. The molecule has 5 nitrogen and oxygen atoms in total. The van der Waals surface area contributed by atoms with E-state index in [9.17, 15) is 9.59 Å². The summed E-state index contributed by atoms with van der Waals surface area (Å²) in [6.07, 6.45) is 11.1. The first kappa shape index (κ1) is 20.6. The lowest BCUT2D eigenvalue weighted by molar-refractivity contribution is -0.170. The van der Waals surface area contributed by atoms with E-state index >= 15 is 0 Å². The highest BCUT2D eigenvalue weighted by Gasteiger charge is 2.51. The molecule has 0 aromatic heterocycles. The van der Waals surface area contributed by atoms with Crippen LogP contribution in [0, 0.1) is 29.6 Å². The Morgan fingerprint density at radius 1 is 1.07 bits per heavy atom. The van der Waals surface area contributed by atoms with E-state index in [0.29, 0.717) is 12.5 Å². The number of ether oxygens (including phenoxy) is 3. The van der Waals surface area contributed by atoms with Crippen molar-refractivity contribution in [2.24, 2.45) is 29.6 Å². The number of hydrogen-bond donors (Lipinski definition) is 0. The molecule has 3 fully saturated rings. The molecule has 0 aromatic carbocycles. The van der Waals surface area contributed by atoms with Crippen molar-refractivity contribution in [2.45, 2.75) is 84.2 Å². The molecule has 27 heavy (non-hydrogen) atoms. The van der Waals surface area contributed by atoms with Gasteiger partial charge in [0.05, 0.1) is 18.4 Å². The summed E-state index contributed by atoms with van der Waals surface area (Å²) < 4.78 is 16.7. The lowest BCUT2D eigenvalue weighted by Crippen LogP contribution is -2.35. The van der Waals surface area contributed by atoms with Gasteiger partial charge in [-0.15, -0.1) is 0 Å². The van der Waals surface area contributed by atoms with Crippen LogP contribution in [-0.4, -0.2) is 31.4 Å². The molecule has 0 amide bonds. The second-order valence-electron chi connectivity index (χ2n) is 8.91. The van der Waals surface area contributed by atoms with Crippen molar-refractivity contribution in [2.75, 3.05) is 13.4 Å². The first-order chi connectivity index (χ1) is 13.1. The van der Waals surface area contributed by atoms with Crippen LogP contribution in [0.1, 0.15) is 78.1 Å². The fourth-order valence-corrected chi connectivity index (χ4v) is 5.12. The second kappa shape index (κ2) is 9.90. The van der Waals surface area contributed by atoms with Crippen molar-refractivity contribution in [3.8, 4) is 0 Å². The van der Waals surface area contributed by atoms with Crippen LogP contribution in [0.2, 0.25) is 0 Å². The van der Waals surface area contributed by atoms with Gasteiger partial charge in [0.2, 0.25) is 0 Å². The lowest BCUT2D eigenvalue weighted by Gasteiger charge is -2.28. The third-order valence-corrected chi connectivity index (χ3v) is 7.02. The van der Waals surface area contributed by atoms with Gasteiger partial charge in [0.15, 0.2) is 6.79 Å². The zero-order valence-corrected chi connectivity index (χ0v) is 17.0. The van der Waals surface area contributed by atoms with Crippen LogP contribution in [0.25, 0.3) is 0 Å². The summed E-state index contributed by atoms with van der Waals surface area (Å²) in [5.74, 6) is 0.860. The minimum Gasteiger partial charge on any atom is -0.462 e. The van der Waals surface area contributed by atoms with Crippen LogP contribution in [0.5, 0.6) is 0 Å². The summed E-state index contributed by atoms with van der Waals surface area (Å²) >= 11 is 0. The van der Waals surface area contributed by atoms with E-state index in [1.165, 1.54) is 32.1 Å². The Morgan fingerprint density at radius 2 is 1.85 bits per heavy atom. The molecule has 3 aliphatic carbocycles. The van der Waals surface area contributed by atoms with E-state index in [-0.39, 0.29) is 42.6 Å². The average Bonchev–Trinajstić information content (AvgIpc) is 3.28. The van der Waals surface area contributed by atoms with E-state index in [2.05, 4.69) is 0 Å². The van der Waals surface area contributed by atoms with E-state index in [0.717, 1.165) is 38.0 Å². The van der Waals surface area contributed by atoms with Crippen molar-refractivity contribution in [3.63, 3.8) is 0 Å². The van der Waals surface area contributed by atoms with Crippen LogP contribution >= 0.6 is 0 Å². The van der Waals surface area contributed by atoms with Gasteiger partial charge in [-0.1, -0.05) is 46.0 Å². The molecular weight excluding hydrogens is 344 g/mol. The monoisotopic (exact) mass is 380 g/mol. The van der Waals surface area contributed by atoms with E-state index in [4.69, 9.17) is 14.2 Å². The van der Waals surface area contributed by atoms with Crippen molar-refractivity contribution in [1.29, 1.82) is 0 Å². The Morgan fingerprint density at radius 3 is 2.56 bits per heavy atom. The van der Waals surface area contributed by atoms with Crippen LogP contribution in [0.3, 0.4) is 0 Å². The Balaban J connectivity index is 1.35. The third kappa shape index (κ3) is 5.46. The summed E-state index contributed by atoms with van der Waals surface area (Å²) in [6, 6.07) is 0. The van der Waals surface area contributed by atoms with Crippen LogP contribution in [0.4, 0.5) is 0 Å². The summed E-state index contributed by atoms with van der Waals surface area (Å²) in [5, 5.41) is 0. The summed E-state index contributed by atoms with van der Waals surface area (Å²) in [4.78, 5) is 24.6. The molecule has 3 aliphatic rings. The molecule has 2 bridgehead atoms. The topological polar surface area (TPSA) is 61.8 Å². The van der Waals surface area contributed by atoms with E-state index in [1.54, 1.807) is 0 Å². The predicted octanol–water partition coefficient (Wildman–Crippen LogP) is 4.48. The molecule has 3 saturated carbocycles. The predicted molar refractivity (Wildman–Crippen MR) is 102 cm³/mol. The Bertz CT molecular complexity index is 499. The smallest absolute Gasteiger partial charge is 0.311 e. The largest absolute Gasteiger partial charge is 0.462 e. The second-order valence-corrected chi connectivity index (χ2v) is 8.91. The summed E-state index contributed by atoms with van der Waals surface area (Å²) in [5.41, 5.74) is 0. The summed E-state index contributed by atoms with van der Waals surface area (Å²) in [6.45, 7) is 4.60. The van der Waals surface area contributed by atoms with Crippen molar-refractivity contribution in [3.05, 3.63) is 0 Å². The highest BCUT2D eigenvalue weighted by molar-refractivity contribution is 5.74. The van der Waals surface area contributed by atoms with Gasteiger partial charge in [0.25, 0.3) is 0 Å². The third-order valence-electron chi connectivity index (χ3n) is 7.02. The minimum atomic E-state index is -0.176. The number of rotatable bonds is 9. The number of carbonyl (C=O) groups excluding carboxylic acids is 2. The van der Waals surface area contributed by atoms with Gasteiger partial charge in [-0.25, -0.2) is 0 Å². The number of hydrogen-bond acceptors (Lipinski definition) is 5. The number of fused-ring (bicyclic) bond motifs is 2. The van der Waals surface area contributed by atoms with Crippen LogP contribution < -0.4 is 0 Å². The molecule has 5 unspecified atom stereocenters. The molecule has 0 heterocycles. The Kier molecular flexibility index (Phi) is 7.57. The first-order valence-corrected chi connectivity index (χ1v) is 11.0. The maximum Gasteiger partial charge on any atom is 0.311 e. The normalized spacial score (nSPS) is 31.6. The van der Waals surface area contributed by atoms with Gasteiger partial charge in [0.1, 0.15) is 6.10 Å². The fraction of sp³-hybridized carbons (Fsp3) is 0.909. The van der Waals surface area contributed by atoms with Crippen molar-refractivity contribution in [1.82, 2.24) is 0 Å². The van der Waals surface area contributed by atoms with Gasteiger partial charge in [-0.2, -0.15) is 0 Å². The molecule has 0 aliphatic heterocycles. The van der Waals surface area contributed by atoms with Gasteiger partial charge in [-0.05, 0) is 43.9 Å². The standard InChI is InChI=1S/C22H36O5/c1-3-15(2)21(23)27-20-13-17-11-18(20)19(12-17)22(24)26-14-25-10-9-16-7-5-4-6-8-16/h15-20H,3-14H2,1-2H3. The number of carbonyl (C=O) groups is 2. The van der Waals surface area contributed by atoms with Crippen LogP contribution in [0.15, 0.2) is 0 Å². The molecule has 0 N–H and O–H groups in total. The molecule has 0 spiro atoms. The molecule has 154 valence electrons. The molecule has 0 aromatic rings. The van der Waals surface area contributed by atoms with Gasteiger partial charge in [0, 0.05) is 5.92 Å². The molecule has 5 atom stereocenters. The molecule has 5 heteroatoms. The Hall–Kier alpha value is -1.10. The van der Waals surface area contributed by atoms with Gasteiger partial charge < -0.3 is 14.2 Å². The first-order valence-electron chi connectivity index (χ1n) is 11.0. The van der Waals surface area contributed by atoms with Crippen LogP contribution in [-0.2, 0) is 23.8 Å². The number of esters is 2. The van der Waals surface area contributed by atoms with E-state index in [1.807, 2.05) is 13.8 Å². The zero-order valence-electron chi connectivity index (χ0n) is 17.0. The molecule has 0 radical (unpaired) electrons. The SMILES string of the molecule is CCC(C)C(=O)OC1CC2CC(C(=O)OCOCCC3CCCCC3)C1C2. The van der Waals surface area contributed by atoms with Gasteiger partial charge >= 0.3 is 11.9 Å². The van der Waals surface area contributed by atoms with E-state index < -0.39 is 0 Å². The highest BCUT2D eigenvalue weighted by atomic mass is 16.7. The molecule has 0 saturated heterocycles. The molecule has 3 rings (SSSR count). The maximum atomic E-state index is 12.5. The Labute approximate surface area is 163 Å². The quantitative estimate of drug-likeness (QED) is 0.335. The minimum absolute atomic E-state index is 0.0523. The van der Waals surface area contributed by atoms with Gasteiger partial charge in [-0.3, -0.25) is 9.59 Å². The van der Waals surface area contributed by atoms with Crippen molar-refractivity contribution < 1.29 is 23.8 Å². The highest BCUT2D eigenvalue weighted by Crippen LogP contribution is 2.50. The zero-order chi connectivity index (χ0) is 19.2. The average molecular weight is 381 g/mol.